The summed E-state index contributed by atoms with van der Waals surface area (Å²) >= 11 is 3.54. The van der Waals surface area contributed by atoms with E-state index in [1.807, 2.05) is 0 Å². The predicted octanol–water partition coefficient (Wildman–Crippen LogP) is -0.675. The fraction of sp³-hybridized carbons (Fsp3) is 0. The van der Waals surface area contributed by atoms with E-state index in [9.17, 15) is 0 Å². The van der Waals surface area contributed by atoms with Crippen LogP contribution in [0.5, 0.6) is 0 Å². The van der Waals surface area contributed by atoms with Crippen molar-refractivity contribution in [2.24, 2.45) is 0 Å². The fourth-order valence-corrected chi connectivity index (χ4v) is 0. The molecule has 0 unspecified atom stereocenters. The summed E-state index contributed by atoms with van der Waals surface area (Å²) in [5, 5.41) is 0. The van der Waals surface area contributed by atoms with Gasteiger partial charge in [0.15, 0.2) is 0 Å². The molecule has 0 bridgehead atoms. The van der Waals surface area contributed by atoms with Gasteiger partial charge >= 0.3 is 0 Å². The van der Waals surface area contributed by atoms with Gasteiger partial charge < -0.3 is 19.1 Å². The maximum absolute atomic E-state index is 8.81. The molecular weight excluding hydrogens is 204 g/mol. The first-order valence-corrected chi connectivity index (χ1v) is 2.50. The Kier molecular flexibility index (Phi) is 9.96. The Bertz CT molecular complexity index is 30.6. The van der Waals surface area contributed by atoms with Crippen LogP contribution in [-0.4, -0.2) is 9.11 Å². The van der Waals surface area contributed by atoms with Gasteiger partial charge in [-0.2, -0.15) is 0 Å². The minimum absolute atomic E-state index is 0. The van der Waals surface area contributed by atoms with Gasteiger partial charge in [0.1, 0.15) is 0 Å². The normalized spacial score (nSPS) is 7.00. The second kappa shape index (κ2) is 5.23. The first-order chi connectivity index (χ1) is 1.73. The van der Waals surface area contributed by atoms with Gasteiger partial charge in [-0.3, -0.25) is 0 Å². The van der Waals surface area contributed by atoms with Gasteiger partial charge in [-0.05, 0) is 0 Å². The average molecular weight is 204 g/mol. The van der Waals surface area contributed by atoms with Crippen LogP contribution in [0.4, 0.5) is 0 Å². The zero-order chi connectivity index (χ0) is 3.58. The van der Waals surface area contributed by atoms with Crippen LogP contribution in [0.15, 0.2) is 0 Å². The van der Waals surface area contributed by atoms with E-state index in [4.69, 9.17) is 9.11 Å². The molecule has 0 heterocycles. The molecule has 0 rings (SSSR count). The molecule has 0 fully saturated rings. The molecule has 0 spiro atoms. The molecule has 0 aliphatic rings. The smallest absolute Gasteiger partial charge is 0 e. The summed E-state index contributed by atoms with van der Waals surface area (Å²) < 4.78 is 17.6. The molecule has 0 aliphatic carbocycles. The molecule has 0 aromatic rings. The molecule has 0 saturated heterocycles. The van der Waals surface area contributed by atoms with Gasteiger partial charge in [-0.1, -0.05) is 11.2 Å². The summed E-state index contributed by atoms with van der Waals surface area (Å²) in [6.45, 7) is 0. The molecule has 37 valence electrons. The third-order valence-electron chi connectivity index (χ3n) is 0. The molecule has 0 aliphatic heterocycles. The first-order valence-electron chi connectivity index (χ1n) is 0.500. The fourth-order valence-electron chi connectivity index (χ4n) is 0. The Morgan fingerprint density at radius 2 is 1.40 bits per heavy atom. The van der Waals surface area contributed by atoms with Crippen LogP contribution in [0.2, 0.25) is 0 Å². The van der Waals surface area contributed by atoms with Crippen molar-refractivity contribution in [1.29, 1.82) is 0 Å². The van der Waals surface area contributed by atoms with Gasteiger partial charge in [0, 0.05) is 22.4 Å². The molecule has 5 heavy (non-hydrogen) atoms. The molecule has 0 saturated carbocycles. The Morgan fingerprint density at radius 3 is 1.40 bits per heavy atom. The van der Waals surface area contributed by atoms with Crippen molar-refractivity contribution >= 4 is 21.2 Å². The number of rotatable bonds is 0. The number of hydrogen-bond acceptors (Lipinski definition) is 3. The molecule has 0 aromatic heterocycles. The maximum Gasteiger partial charge on any atom is 0 e. The van der Waals surface area contributed by atoms with Crippen LogP contribution < -0.4 is 0 Å². The maximum atomic E-state index is 8.81. The topological polar surface area (TPSA) is 46.1 Å². The van der Waals surface area contributed by atoms with E-state index < -0.39 is 10.0 Å². The molecular formula is AgO2S2-2. The molecule has 0 atom stereocenters. The van der Waals surface area contributed by atoms with Crippen molar-refractivity contribution in [3.63, 3.8) is 0 Å². The Labute approximate surface area is 52.7 Å². The van der Waals surface area contributed by atoms with E-state index in [1.165, 1.54) is 0 Å². The average Bonchev–Trinajstić information content (AvgIpc) is 0.811. The molecule has 0 aromatic carbocycles. The summed E-state index contributed by atoms with van der Waals surface area (Å²) in [7, 11) is -2.28. The quantitative estimate of drug-likeness (QED) is 0.491. The van der Waals surface area contributed by atoms with Gasteiger partial charge in [0.2, 0.25) is 0 Å². The molecule has 5 heteroatoms. The zero-order valence-electron chi connectivity index (χ0n) is 1.93. The second-order valence-corrected chi connectivity index (χ2v) is 1.43. The SMILES string of the molecule is [Ag].[O-]S([O-])=S. The Hall–Kier alpha value is 1.23. The third-order valence-corrected chi connectivity index (χ3v) is 0. The third kappa shape index (κ3) is 36.1. The van der Waals surface area contributed by atoms with Crippen LogP contribution in [0.25, 0.3) is 0 Å². The van der Waals surface area contributed by atoms with Crippen molar-refractivity contribution in [2.75, 3.05) is 0 Å². The van der Waals surface area contributed by atoms with Crippen LogP contribution >= 0.6 is 0 Å². The van der Waals surface area contributed by atoms with Gasteiger partial charge in [0.05, 0.1) is 0 Å². The summed E-state index contributed by atoms with van der Waals surface area (Å²) in [5.41, 5.74) is 0. The monoisotopic (exact) mass is 203 g/mol. The predicted molar refractivity (Wildman–Crippen MR) is 16.3 cm³/mol. The zero-order valence-corrected chi connectivity index (χ0v) is 5.05. The first kappa shape index (κ1) is 9.52. The van der Waals surface area contributed by atoms with Crippen LogP contribution in [0.3, 0.4) is 0 Å². The van der Waals surface area contributed by atoms with E-state index in [0.717, 1.165) is 0 Å². The summed E-state index contributed by atoms with van der Waals surface area (Å²) in [5.74, 6) is 0. The van der Waals surface area contributed by atoms with Crippen molar-refractivity contribution < 1.29 is 31.5 Å². The Balaban J connectivity index is 0. The standard InChI is InChI=1S/Ag.H2O2S2/c;1-4(2)3/h;(H2,1,2,3)/p-2. The van der Waals surface area contributed by atoms with E-state index in [-0.39, 0.29) is 22.4 Å². The minimum atomic E-state index is -2.28. The minimum Gasteiger partial charge on any atom is -0.806 e. The molecule has 0 amide bonds. The van der Waals surface area contributed by atoms with Crippen LogP contribution in [-0.2, 0) is 43.6 Å². The van der Waals surface area contributed by atoms with E-state index in [1.54, 1.807) is 0 Å². The second-order valence-electron chi connectivity index (χ2n) is 0.204. The molecule has 1 radical (unpaired) electrons. The van der Waals surface area contributed by atoms with E-state index in [2.05, 4.69) is 11.2 Å². The van der Waals surface area contributed by atoms with Crippen molar-refractivity contribution in [3.05, 3.63) is 0 Å². The molecule has 2 nitrogen and oxygen atoms in total. The van der Waals surface area contributed by atoms with Crippen LogP contribution in [0, 0.1) is 0 Å². The van der Waals surface area contributed by atoms with E-state index in [0.29, 0.717) is 0 Å². The van der Waals surface area contributed by atoms with Gasteiger partial charge in [0.25, 0.3) is 0 Å². The summed E-state index contributed by atoms with van der Waals surface area (Å²) in [6.07, 6.45) is 0. The largest absolute Gasteiger partial charge is 0.806 e. The Morgan fingerprint density at radius 1 is 1.40 bits per heavy atom. The van der Waals surface area contributed by atoms with Crippen LogP contribution in [0.1, 0.15) is 0 Å². The number of hydrogen-bond donors (Lipinski definition) is 0. The van der Waals surface area contributed by atoms with Crippen molar-refractivity contribution in [2.45, 2.75) is 0 Å². The van der Waals surface area contributed by atoms with E-state index >= 15 is 0 Å². The molecule has 0 N–H and O–H groups in total. The van der Waals surface area contributed by atoms with Gasteiger partial charge in [-0.25, -0.2) is 0 Å². The van der Waals surface area contributed by atoms with Crippen molar-refractivity contribution in [3.8, 4) is 0 Å². The summed E-state index contributed by atoms with van der Waals surface area (Å²) in [4.78, 5) is 0. The summed E-state index contributed by atoms with van der Waals surface area (Å²) in [6, 6.07) is 0. The van der Waals surface area contributed by atoms with Crippen molar-refractivity contribution in [1.82, 2.24) is 0 Å². The van der Waals surface area contributed by atoms with Gasteiger partial charge in [-0.15, -0.1) is 0 Å².